The van der Waals surface area contributed by atoms with Gasteiger partial charge in [-0.2, -0.15) is 0 Å². The van der Waals surface area contributed by atoms with Crippen LogP contribution in [0.4, 0.5) is 5.82 Å². The molecule has 1 fully saturated rings. The molecule has 1 unspecified atom stereocenters. The Morgan fingerprint density at radius 1 is 1.48 bits per heavy atom. The van der Waals surface area contributed by atoms with Crippen LogP contribution in [0.15, 0.2) is 12.1 Å². The Labute approximate surface area is 124 Å². The van der Waals surface area contributed by atoms with E-state index in [4.69, 9.17) is 0 Å². The molecular weight excluding hydrogens is 268 g/mol. The highest BCUT2D eigenvalue weighted by Crippen LogP contribution is 2.13. The van der Waals surface area contributed by atoms with Crippen LogP contribution < -0.4 is 16.0 Å². The summed E-state index contributed by atoms with van der Waals surface area (Å²) in [7, 11) is 1.79. The van der Waals surface area contributed by atoms with Crippen LogP contribution in [0.3, 0.4) is 0 Å². The zero-order valence-electron chi connectivity index (χ0n) is 12.5. The highest BCUT2D eigenvalue weighted by atomic mass is 16.2. The number of amides is 2. The van der Waals surface area contributed by atoms with Gasteiger partial charge < -0.3 is 16.0 Å². The van der Waals surface area contributed by atoms with Gasteiger partial charge in [0, 0.05) is 37.3 Å². The van der Waals surface area contributed by atoms with Gasteiger partial charge in [0.25, 0.3) is 5.91 Å². The first-order chi connectivity index (χ1) is 10.1. The number of carbonyl (C=O) groups is 2. The molecule has 6 nitrogen and oxygen atoms in total. The highest BCUT2D eigenvalue weighted by Gasteiger charge is 2.20. The van der Waals surface area contributed by atoms with Crippen LogP contribution in [0, 0.1) is 0 Å². The van der Waals surface area contributed by atoms with Crippen LogP contribution in [-0.4, -0.2) is 36.4 Å². The number of piperidine rings is 1. The van der Waals surface area contributed by atoms with Crippen molar-refractivity contribution in [3.05, 3.63) is 23.4 Å². The van der Waals surface area contributed by atoms with Crippen molar-refractivity contribution in [2.75, 3.05) is 18.9 Å². The zero-order valence-corrected chi connectivity index (χ0v) is 12.5. The summed E-state index contributed by atoms with van der Waals surface area (Å²) in [5.41, 5.74) is 1.51. The molecule has 0 aliphatic carbocycles. The molecule has 2 heterocycles. The fourth-order valence-corrected chi connectivity index (χ4v) is 2.36. The van der Waals surface area contributed by atoms with Crippen LogP contribution in [0.1, 0.15) is 42.2 Å². The lowest BCUT2D eigenvalue weighted by atomic mass is 10.1. The maximum Gasteiger partial charge on any atom is 0.251 e. The van der Waals surface area contributed by atoms with Gasteiger partial charge in [-0.25, -0.2) is 4.98 Å². The predicted molar refractivity (Wildman–Crippen MR) is 81.3 cm³/mol. The van der Waals surface area contributed by atoms with E-state index in [0.29, 0.717) is 30.8 Å². The average molecular weight is 290 g/mol. The molecule has 21 heavy (non-hydrogen) atoms. The lowest BCUT2D eigenvalue weighted by Gasteiger charge is -2.23. The van der Waals surface area contributed by atoms with Crippen molar-refractivity contribution in [3.8, 4) is 0 Å². The Bertz CT molecular complexity index is 520. The minimum absolute atomic E-state index is 0.00368. The van der Waals surface area contributed by atoms with Crippen molar-refractivity contribution >= 4 is 17.6 Å². The number of anilines is 1. The molecule has 1 atom stereocenters. The fourth-order valence-electron chi connectivity index (χ4n) is 2.36. The molecule has 1 aliphatic rings. The minimum atomic E-state index is -0.118. The van der Waals surface area contributed by atoms with E-state index >= 15 is 0 Å². The molecule has 114 valence electrons. The van der Waals surface area contributed by atoms with E-state index in [9.17, 15) is 9.59 Å². The monoisotopic (exact) mass is 290 g/mol. The standard InChI is InChI=1S/C15H22N4O2/c1-3-4-11-7-10(8-13(16-2)18-11)15(21)19-12-5-6-14(20)17-9-12/h7-8,12H,3-6,9H2,1-2H3,(H,16,18)(H,17,20)(H,19,21). The number of pyridine rings is 1. The Morgan fingerprint density at radius 2 is 2.29 bits per heavy atom. The van der Waals surface area contributed by atoms with Crippen LogP contribution in [0.5, 0.6) is 0 Å². The van der Waals surface area contributed by atoms with E-state index in [0.717, 1.165) is 18.5 Å². The van der Waals surface area contributed by atoms with Crippen LogP contribution >= 0.6 is 0 Å². The van der Waals surface area contributed by atoms with Crippen molar-refractivity contribution in [3.63, 3.8) is 0 Å². The van der Waals surface area contributed by atoms with Gasteiger partial charge in [-0.05, 0) is 25.0 Å². The van der Waals surface area contributed by atoms with E-state index in [2.05, 4.69) is 27.9 Å². The maximum atomic E-state index is 12.3. The second-order valence-electron chi connectivity index (χ2n) is 5.25. The first-order valence-corrected chi connectivity index (χ1v) is 7.38. The number of hydrogen-bond donors (Lipinski definition) is 3. The van der Waals surface area contributed by atoms with Gasteiger partial charge in [-0.1, -0.05) is 13.3 Å². The fraction of sp³-hybridized carbons (Fsp3) is 0.533. The molecule has 0 saturated carbocycles. The quantitative estimate of drug-likeness (QED) is 0.758. The Balaban J connectivity index is 2.07. The second-order valence-corrected chi connectivity index (χ2v) is 5.25. The van der Waals surface area contributed by atoms with Gasteiger partial charge in [0.2, 0.25) is 5.91 Å². The molecule has 0 radical (unpaired) electrons. The topological polar surface area (TPSA) is 83.1 Å². The molecule has 0 spiro atoms. The highest BCUT2D eigenvalue weighted by molar-refractivity contribution is 5.95. The number of rotatable bonds is 5. The van der Waals surface area contributed by atoms with Gasteiger partial charge in [0.15, 0.2) is 0 Å². The maximum absolute atomic E-state index is 12.3. The van der Waals surface area contributed by atoms with E-state index < -0.39 is 0 Å². The van der Waals surface area contributed by atoms with Crippen LogP contribution in [-0.2, 0) is 11.2 Å². The van der Waals surface area contributed by atoms with Crippen molar-refractivity contribution < 1.29 is 9.59 Å². The van der Waals surface area contributed by atoms with Gasteiger partial charge in [-0.15, -0.1) is 0 Å². The summed E-state index contributed by atoms with van der Waals surface area (Å²) in [5.74, 6) is 0.627. The predicted octanol–water partition coefficient (Wildman–Crippen LogP) is 1.08. The van der Waals surface area contributed by atoms with Crippen LogP contribution in [0.2, 0.25) is 0 Å². The van der Waals surface area contributed by atoms with Crippen LogP contribution in [0.25, 0.3) is 0 Å². The Hall–Kier alpha value is -2.11. The summed E-state index contributed by atoms with van der Waals surface area (Å²) < 4.78 is 0. The zero-order chi connectivity index (χ0) is 15.2. The second kappa shape index (κ2) is 7.06. The molecule has 1 aromatic heterocycles. The van der Waals surface area contributed by atoms with Crippen molar-refractivity contribution in [1.82, 2.24) is 15.6 Å². The number of nitrogens with zero attached hydrogens (tertiary/aromatic N) is 1. The lowest BCUT2D eigenvalue weighted by molar-refractivity contribution is -0.122. The summed E-state index contributed by atoms with van der Waals surface area (Å²) in [6, 6.07) is 3.58. The van der Waals surface area contributed by atoms with Crippen molar-refractivity contribution in [2.24, 2.45) is 0 Å². The number of aryl methyl sites for hydroxylation is 1. The normalized spacial score (nSPS) is 18.0. The summed E-state index contributed by atoms with van der Waals surface area (Å²) in [5, 5.41) is 8.71. The largest absolute Gasteiger partial charge is 0.373 e. The molecular formula is C15H22N4O2. The van der Waals surface area contributed by atoms with Gasteiger partial charge in [-0.3, -0.25) is 9.59 Å². The average Bonchev–Trinajstić information content (AvgIpc) is 2.49. The molecule has 2 amide bonds. The summed E-state index contributed by atoms with van der Waals surface area (Å²) in [6.45, 7) is 2.58. The lowest BCUT2D eigenvalue weighted by Crippen LogP contribution is -2.47. The molecule has 0 aromatic carbocycles. The number of hydrogen-bond acceptors (Lipinski definition) is 4. The van der Waals surface area contributed by atoms with E-state index in [1.807, 2.05) is 6.07 Å². The summed E-state index contributed by atoms with van der Waals surface area (Å²) in [4.78, 5) is 27.9. The number of carbonyl (C=O) groups excluding carboxylic acids is 2. The third-order valence-corrected chi connectivity index (χ3v) is 3.50. The Kier molecular flexibility index (Phi) is 5.14. The first-order valence-electron chi connectivity index (χ1n) is 7.38. The molecule has 3 N–H and O–H groups in total. The van der Waals surface area contributed by atoms with Gasteiger partial charge >= 0.3 is 0 Å². The van der Waals surface area contributed by atoms with Crippen molar-refractivity contribution in [1.29, 1.82) is 0 Å². The van der Waals surface area contributed by atoms with E-state index in [1.165, 1.54) is 0 Å². The van der Waals surface area contributed by atoms with Gasteiger partial charge in [0.1, 0.15) is 5.82 Å². The smallest absolute Gasteiger partial charge is 0.251 e. The third-order valence-electron chi connectivity index (χ3n) is 3.50. The number of aromatic nitrogens is 1. The molecule has 2 rings (SSSR count). The molecule has 0 bridgehead atoms. The first kappa shape index (κ1) is 15.3. The van der Waals surface area contributed by atoms with E-state index in [1.54, 1.807) is 13.1 Å². The Morgan fingerprint density at radius 3 is 2.90 bits per heavy atom. The van der Waals surface area contributed by atoms with E-state index in [-0.39, 0.29) is 17.9 Å². The number of nitrogens with one attached hydrogen (secondary N) is 3. The van der Waals surface area contributed by atoms with Gasteiger partial charge in [0.05, 0.1) is 0 Å². The summed E-state index contributed by atoms with van der Waals surface area (Å²) in [6.07, 6.45) is 2.97. The summed E-state index contributed by atoms with van der Waals surface area (Å²) >= 11 is 0. The molecule has 1 aromatic rings. The molecule has 6 heteroatoms. The van der Waals surface area contributed by atoms with Crippen molar-refractivity contribution in [2.45, 2.75) is 38.6 Å². The molecule has 1 aliphatic heterocycles. The SMILES string of the molecule is CCCc1cc(C(=O)NC2CCC(=O)NC2)cc(NC)n1. The molecule has 1 saturated heterocycles. The third kappa shape index (κ3) is 4.18. The minimum Gasteiger partial charge on any atom is -0.373 e.